The predicted molar refractivity (Wildman–Crippen MR) is 98.7 cm³/mol. The van der Waals surface area contributed by atoms with Gasteiger partial charge in [-0.2, -0.15) is 13.2 Å². The molecular formula is C19H23F3N4O3. The Balaban J connectivity index is 1.44. The molecule has 1 N–H and O–H groups in total. The summed E-state index contributed by atoms with van der Waals surface area (Å²) in [6, 6.07) is 3.13. The summed E-state index contributed by atoms with van der Waals surface area (Å²) in [5.74, 6) is -1.21. The van der Waals surface area contributed by atoms with E-state index in [4.69, 9.17) is 0 Å². The highest BCUT2D eigenvalue weighted by molar-refractivity contribution is 5.96. The summed E-state index contributed by atoms with van der Waals surface area (Å²) in [6.45, 7) is 3.59. The molecule has 158 valence electrons. The molecule has 29 heavy (non-hydrogen) atoms. The van der Waals surface area contributed by atoms with Crippen molar-refractivity contribution in [3.8, 4) is 0 Å². The van der Waals surface area contributed by atoms with Crippen LogP contribution in [-0.4, -0.2) is 59.2 Å². The molecule has 0 unspecified atom stereocenters. The van der Waals surface area contributed by atoms with E-state index in [-0.39, 0.29) is 17.5 Å². The maximum atomic E-state index is 12.6. The summed E-state index contributed by atoms with van der Waals surface area (Å²) in [5, 5.41) is 2.11. The molecule has 0 spiro atoms. The molecule has 0 bridgehead atoms. The highest BCUT2D eigenvalue weighted by Crippen LogP contribution is 2.36. The topological polar surface area (TPSA) is 74.7 Å². The Morgan fingerprint density at radius 3 is 2.55 bits per heavy atom. The van der Waals surface area contributed by atoms with Crippen LogP contribution in [0, 0.1) is 0 Å². The summed E-state index contributed by atoms with van der Waals surface area (Å²) in [4.78, 5) is 39.8. The molecule has 0 aliphatic carbocycles. The average Bonchev–Trinajstić information content (AvgIpc) is 3.03. The van der Waals surface area contributed by atoms with E-state index < -0.39 is 17.6 Å². The van der Waals surface area contributed by atoms with Crippen LogP contribution < -0.4 is 15.8 Å². The number of nitrogens with zero attached hydrogens (tertiary/aromatic N) is 3. The third kappa shape index (κ3) is 3.65. The van der Waals surface area contributed by atoms with Gasteiger partial charge in [0.15, 0.2) is 0 Å². The van der Waals surface area contributed by atoms with Crippen molar-refractivity contribution in [1.82, 2.24) is 14.8 Å². The second-order valence-corrected chi connectivity index (χ2v) is 8.36. The van der Waals surface area contributed by atoms with Crippen LogP contribution in [0.15, 0.2) is 16.9 Å². The minimum atomic E-state index is -4.89. The van der Waals surface area contributed by atoms with Crippen LogP contribution in [0.2, 0.25) is 0 Å². The number of anilines is 1. The molecule has 0 saturated carbocycles. The van der Waals surface area contributed by atoms with Crippen LogP contribution in [0.1, 0.15) is 37.8 Å². The van der Waals surface area contributed by atoms with Crippen molar-refractivity contribution in [2.24, 2.45) is 0 Å². The number of piperidine rings is 1. The lowest BCUT2D eigenvalue weighted by Crippen LogP contribution is -2.56. The van der Waals surface area contributed by atoms with Gasteiger partial charge in [-0.1, -0.05) is 0 Å². The smallest absolute Gasteiger partial charge is 0.343 e. The Kier molecular flexibility index (Phi) is 4.71. The van der Waals surface area contributed by atoms with Crippen molar-refractivity contribution in [2.45, 2.75) is 50.4 Å². The first-order chi connectivity index (χ1) is 13.6. The van der Waals surface area contributed by atoms with E-state index >= 15 is 0 Å². The quantitative estimate of drug-likeness (QED) is 0.810. The predicted octanol–water partition coefficient (Wildman–Crippen LogP) is 1.22. The molecule has 1 aromatic rings. The van der Waals surface area contributed by atoms with Gasteiger partial charge in [0, 0.05) is 44.2 Å². The molecule has 10 heteroatoms. The number of pyridine rings is 1. The van der Waals surface area contributed by atoms with Gasteiger partial charge in [-0.15, -0.1) is 0 Å². The number of carbonyl (C=O) groups is 2. The highest BCUT2D eigenvalue weighted by Gasteiger charge is 2.44. The van der Waals surface area contributed by atoms with Crippen molar-refractivity contribution in [1.29, 1.82) is 0 Å². The SMILES string of the molecule is CC1(NC(=O)C(F)(F)F)CCN(C[C@@H]2CN3C(=O)CCc4ccc(=O)n2c43)CC1. The lowest BCUT2D eigenvalue weighted by molar-refractivity contribution is -0.176. The first-order valence-electron chi connectivity index (χ1n) is 9.74. The van der Waals surface area contributed by atoms with Gasteiger partial charge >= 0.3 is 12.1 Å². The van der Waals surface area contributed by atoms with Crippen molar-refractivity contribution in [3.05, 3.63) is 28.0 Å². The van der Waals surface area contributed by atoms with Crippen molar-refractivity contribution in [2.75, 3.05) is 31.1 Å². The Bertz CT molecular complexity index is 903. The number of halogens is 3. The molecule has 1 saturated heterocycles. The number of hydrogen-bond acceptors (Lipinski definition) is 4. The standard InChI is InChI=1S/C19H23F3N4O3/c1-18(23-17(29)19(20,21)22)6-8-24(9-7-18)10-13-11-25-14(27)4-2-12-3-5-15(28)26(13)16(12)25/h3,5,13H,2,4,6-11H2,1H3,(H,23,29)/t13-/m1/s1. The van der Waals surface area contributed by atoms with E-state index in [1.165, 1.54) is 6.07 Å². The van der Waals surface area contributed by atoms with E-state index in [2.05, 4.69) is 10.2 Å². The molecular weight excluding hydrogens is 389 g/mol. The molecule has 3 aliphatic heterocycles. The van der Waals surface area contributed by atoms with E-state index in [1.54, 1.807) is 22.5 Å². The van der Waals surface area contributed by atoms with Crippen LogP contribution in [0.3, 0.4) is 0 Å². The largest absolute Gasteiger partial charge is 0.471 e. The molecule has 7 nitrogen and oxygen atoms in total. The van der Waals surface area contributed by atoms with Gasteiger partial charge in [-0.3, -0.25) is 23.9 Å². The van der Waals surface area contributed by atoms with Gasteiger partial charge in [-0.25, -0.2) is 0 Å². The molecule has 1 atom stereocenters. The molecule has 4 heterocycles. The lowest BCUT2D eigenvalue weighted by Gasteiger charge is -2.40. The number of aryl methyl sites for hydroxylation is 1. The number of amides is 2. The summed E-state index contributed by atoms with van der Waals surface area (Å²) >= 11 is 0. The summed E-state index contributed by atoms with van der Waals surface area (Å²) in [6.07, 6.45) is -3.08. The first-order valence-corrected chi connectivity index (χ1v) is 9.74. The summed E-state index contributed by atoms with van der Waals surface area (Å²) < 4.78 is 39.3. The molecule has 2 amide bonds. The van der Waals surface area contributed by atoms with Gasteiger partial charge in [0.25, 0.3) is 5.56 Å². The number of hydrogen-bond donors (Lipinski definition) is 1. The number of carbonyl (C=O) groups excluding carboxylic acids is 2. The Hall–Kier alpha value is -2.36. The van der Waals surface area contributed by atoms with Crippen LogP contribution in [0.4, 0.5) is 19.0 Å². The number of alkyl halides is 3. The fraction of sp³-hybridized carbons (Fsp3) is 0.632. The average molecular weight is 412 g/mol. The summed E-state index contributed by atoms with van der Waals surface area (Å²) in [5.41, 5.74) is -0.0657. The van der Waals surface area contributed by atoms with Gasteiger partial charge in [-0.05, 0) is 37.8 Å². The summed E-state index contributed by atoms with van der Waals surface area (Å²) in [7, 11) is 0. The van der Waals surface area contributed by atoms with Gasteiger partial charge in [0.2, 0.25) is 5.91 Å². The van der Waals surface area contributed by atoms with Gasteiger partial charge < -0.3 is 10.2 Å². The van der Waals surface area contributed by atoms with E-state index in [1.807, 2.05) is 0 Å². The van der Waals surface area contributed by atoms with Crippen LogP contribution in [-0.2, 0) is 16.0 Å². The van der Waals surface area contributed by atoms with Crippen molar-refractivity contribution >= 4 is 17.6 Å². The first kappa shape index (κ1) is 19.9. The zero-order chi connectivity index (χ0) is 21.0. The Morgan fingerprint density at radius 2 is 1.90 bits per heavy atom. The molecule has 0 radical (unpaired) electrons. The molecule has 1 fully saturated rings. The maximum absolute atomic E-state index is 12.6. The Labute approximate surface area is 165 Å². The van der Waals surface area contributed by atoms with Crippen molar-refractivity contribution in [3.63, 3.8) is 0 Å². The van der Waals surface area contributed by atoms with E-state index in [0.717, 1.165) is 5.56 Å². The normalized spacial score (nSPS) is 23.8. The number of likely N-dealkylation sites (tertiary alicyclic amines) is 1. The fourth-order valence-electron chi connectivity index (χ4n) is 4.55. The van der Waals surface area contributed by atoms with Crippen molar-refractivity contribution < 1.29 is 22.8 Å². The zero-order valence-corrected chi connectivity index (χ0v) is 16.1. The molecule has 3 aliphatic rings. The maximum Gasteiger partial charge on any atom is 0.471 e. The third-order valence-corrected chi connectivity index (χ3v) is 6.20. The molecule has 0 aromatic carbocycles. The highest BCUT2D eigenvalue weighted by atomic mass is 19.4. The van der Waals surface area contributed by atoms with Crippen LogP contribution in [0.25, 0.3) is 0 Å². The van der Waals surface area contributed by atoms with E-state index in [9.17, 15) is 27.6 Å². The van der Waals surface area contributed by atoms with Gasteiger partial charge in [0.05, 0.1) is 6.04 Å². The third-order valence-electron chi connectivity index (χ3n) is 6.20. The number of aromatic nitrogens is 1. The van der Waals surface area contributed by atoms with Gasteiger partial charge in [0.1, 0.15) is 5.82 Å². The molecule has 4 rings (SSSR count). The Morgan fingerprint density at radius 1 is 1.21 bits per heavy atom. The van der Waals surface area contributed by atoms with E-state index in [0.29, 0.717) is 57.7 Å². The second kappa shape index (κ2) is 6.86. The number of rotatable bonds is 3. The molecule has 1 aromatic heterocycles. The minimum Gasteiger partial charge on any atom is -0.343 e. The number of nitrogens with one attached hydrogen (secondary N) is 1. The van der Waals surface area contributed by atoms with Crippen LogP contribution in [0.5, 0.6) is 0 Å². The lowest BCUT2D eigenvalue weighted by atomic mass is 9.89. The monoisotopic (exact) mass is 412 g/mol. The fourth-order valence-corrected chi connectivity index (χ4v) is 4.55. The van der Waals surface area contributed by atoms with Crippen LogP contribution >= 0.6 is 0 Å². The minimum absolute atomic E-state index is 0.0143. The second-order valence-electron chi connectivity index (χ2n) is 8.36. The zero-order valence-electron chi connectivity index (χ0n) is 16.1.